The highest BCUT2D eigenvalue weighted by molar-refractivity contribution is 7.98. The molecule has 28 heavy (non-hydrogen) atoms. The van der Waals surface area contributed by atoms with Crippen LogP contribution >= 0.6 is 11.8 Å². The fourth-order valence-corrected chi connectivity index (χ4v) is 2.80. The molecule has 4 amide bonds. The minimum absolute atomic E-state index is 0.0606. The van der Waals surface area contributed by atoms with Crippen molar-refractivity contribution in [1.29, 1.82) is 0 Å². The van der Waals surface area contributed by atoms with E-state index in [9.17, 15) is 19.2 Å². The molecule has 0 saturated carbocycles. The van der Waals surface area contributed by atoms with Crippen LogP contribution in [0.25, 0.3) is 0 Å². The van der Waals surface area contributed by atoms with Crippen molar-refractivity contribution in [1.82, 2.24) is 16.0 Å². The lowest BCUT2D eigenvalue weighted by Crippen LogP contribution is -2.55. The minimum Gasteiger partial charge on any atom is -0.368 e. The van der Waals surface area contributed by atoms with Crippen molar-refractivity contribution in [3.63, 3.8) is 0 Å². The Morgan fingerprint density at radius 1 is 0.964 bits per heavy atom. The van der Waals surface area contributed by atoms with E-state index in [4.69, 9.17) is 11.5 Å². The maximum atomic E-state index is 12.6. The van der Waals surface area contributed by atoms with E-state index in [2.05, 4.69) is 16.0 Å². The van der Waals surface area contributed by atoms with Crippen LogP contribution in [-0.4, -0.2) is 60.3 Å². The summed E-state index contributed by atoms with van der Waals surface area (Å²) in [5.74, 6) is -1.31. The summed E-state index contributed by atoms with van der Waals surface area (Å²) < 4.78 is 0. The van der Waals surface area contributed by atoms with Crippen LogP contribution in [0.2, 0.25) is 0 Å². The van der Waals surface area contributed by atoms with Crippen molar-refractivity contribution < 1.29 is 19.2 Å². The molecule has 3 unspecified atom stereocenters. The minimum atomic E-state index is -0.834. The van der Waals surface area contributed by atoms with E-state index < -0.39 is 41.8 Å². The summed E-state index contributed by atoms with van der Waals surface area (Å²) in [6.07, 6.45) is 2.68. The first-order valence-electron chi connectivity index (χ1n) is 9.40. The fraction of sp³-hybridized carbons (Fsp3) is 0.778. The molecular weight excluding hydrogens is 382 g/mol. The van der Waals surface area contributed by atoms with Crippen molar-refractivity contribution in [2.24, 2.45) is 23.3 Å². The lowest BCUT2D eigenvalue weighted by atomic mass is 10.0. The molecule has 9 nitrogen and oxygen atoms in total. The van der Waals surface area contributed by atoms with Gasteiger partial charge in [0.2, 0.25) is 23.6 Å². The monoisotopic (exact) mass is 417 g/mol. The van der Waals surface area contributed by atoms with E-state index in [1.165, 1.54) is 11.8 Å². The standard InChI is InChI=1S/C18H35N5O4S/c1-10(2)8-13(17(26)23-12(16(20)25)6-7-28-5)22-14(24)9-21-18(27)15(19)11(3)4/h10-13,15H,6-9,19H2,1-5H3,(H2,20,25)(H,21,27)(H,22,24)(H,23,26). The van der Waals surface area contributed by atoms with Gasteiger partial charge in [0.15, 0.2) is 0 Å². The first kappa shape index (κ1) is 26.2. The van der Waals surface area contributed by atoms with Crippen molar-refractivity contribution in [3.05, 3.63) is 0 Å². The van der Waals surface area contributed by atoms with E-state index in [1.807, 2.05) is 20.1 Å². The van der Waals surface area contributed by atoms with E-state index in [-0.39, 0.29) is 18.4 Å². The van der Waals surface area contributed by atoms with E-state index in [0.29, 0.717) is 18.6 Å². The first-order valence-corrected chi connectivity index (χ1v) is 10.8. The van der Waals surface area contributed by atoms with Crippen LogP contribution < -0.4 is 27.4 Å². The Kier molecular flexibility index (Phi) is 12.5. The molecule has 0 aromatic carbocycles. The topological polar surface area (TPSA) is 156 Å². The van der Waals surface area contributed by atoms with Gasteiger partial charge in [0.1, 0.15) is 12.1 Å². The molecule has 0 rings (SSSR count). The molecular formula is C18H35N5O4S. The molecule has 3 atom stereocenters. The molecule has 10 heteroatoms. The lowest BCUT2D eigenvalue weighted by molar-refractivity contribution is -0.132. The quantitative estimate of drug-likeness (QED) is 0.268. The van der Waals surface area contributed by atoms with Gasteiger partial charge in [-0.05, 0) is 36.7 Å². The highest BCUT2D eigenvalue weighted by Gasteiger charge is 2.26. The van der Waals surface area contributed by atoms with Crippen molar-refractivity contribution >= 4 is 35.4 Å². The lowest BCUT2D eigenvalue weighted by Gasteiger charge is -2.23. The second kappa shape index (κ2) is 13.4. The highest BCUT2D eigenvalue weighted by atomic mass is 32.2. The fourth-order valence-electron chi connectivity index (χ4n) is 2.33. The van der Waals surface area contributed by atoms with Crippen LogP contribution in [0.4, 0.5) is 0 Å². The van der Waals surface area contributed by atoms with Gasteiger partial charge < -0.3 is 27.4 Å². The smallest absolute Gasteiger partial charge is 0.243 e. The summed E-state index contributed by atoms with van der Waals surface area (Å²) in [5, 5.41) is 7.68. The average Bonchev–Trinajstić information content (AvgIpc) is 2.60. The number of amides is 4. The number of hydrogen-bond donors (Lipinski definition) is 5. The molecule has 0 aliphatic carbocycles. The predicted octanol–water partition coefficient (Wildman–Crippen LogP) is -0.660. The van der Waals surface area contributed by atoms with Gasteiger partial charge in [0.05, 0.1) is 12.6 Å². The average molecular weight is 418 g/mol. The largest absolute Gasteiger partial charge is 0.368 e. The van der Waals surface area contributed by atoms with Gasteiger partial charge in [0, 0.05) is 0 Å². The maximum absolute atomic E-state index is 12.6. The molecule has 0 aliphatic heterocycles. The molecule has 0 aromatic rings. The van der Waals surface area contributed by atoms with Crippen molar-refractivity contribution in [2.45, 2.75) is 58.7 Å². The van der Waals surface area contributed by atoms with Crippen molar-refractivity contribution in [3.8, 4) is 0 Å². The Balaban J connectivity index is 4.87. The van der Waals surface area contributed by atoms with E-state index in [0.717, 1.165) is 0 Å². The van der Waals surface area contributed by atoms with Gasteiger partial charge in [-0.3, -0.25) is 19.2 Å². The first-order chi connectivity index (χ1) is 13.0. The number of carbonyl (C=O) groups is 4. The predicted molar refractivity (Wildman–Crippen MR) is 111 cm³/mol. The number of hydrogen-bond acceptors (Lipinski definition) is 6. The zero-order chi connectivity index (χ0) is 21.9. The SMILES string of the molecule is CSCCC(NC(=O)C(CC(C)C)NC(=O)CNC(=O)C(N)C(C)C)C(N)=O. The summed E-state index contributed by atoms with van der Waals surface area (Å²) in [7, 11) is 0. The number of thioether (sulfide) groups is 1. The molecule has 7 N–H and O–H groups in total. The third kappa shape index (κ3) is 10.5. The molecule has 0 aliphatic rings. The third-order valence-corrected chi connectivity index (χ3v) is 4.72. The summed E-state index contributed by atoms with van der Waals surface area (Å²) in [4.78, 5) is 48.2. The number of primary amides is 1. The van der Waals surface area contributed by atoms with E-state index >= 15 is 0 Å². The second-order valence-corrected chi connectivity index (χ2v) is 8.47. The molecule has 0 heterocycles. The van der Waals surface area contributed by atoms with Gasteiger partial charge in [-0.25, -0.2) is 0 Å². The molecule has 0 spiro atoms. The summed E-state index contributed by atoms with van der Waals surface area (Å²) >= 11 is 1.54. The van der Waals surface area contributed by atoms with Crippen LogP contribution in [0, 0.1) is 11.8 Å². The number of nitrogens with one attached hydrogen (secondary N) is 3. The zero-order valence-electron chi connectivity index (χ0n) is 17.4. The Labute approximate surface area is 171 Å². The van der Waals surface area contributed by atoms with Crippen molar-refractivity contribution in [2.75, 3.05) is 18.6 Å². The van der Waals surface area contributed by atoms with E-state index in [1.54, 1.807) is 13.8 Å². The maximum Gasteiger partial charge on any atom is 0.243 e. The highest BCUT2D eigenvalue weighted by Crippen LogP contribution is 2.07. The van der Waals surface area contributed by atoms with Crippen LogP contribution in [0.5, 0.6) is 0 Å². The van der Waals surface area contributed by atoms with Gasteiger partial charge in [-0.2, -0.15) is 11.8 Å². The Hall–Kier alpha value is -1.81. The molecule has 0 radical (unpaired) electrons. The summed E-state index contributed by atoms with van der Waals surface area (Å²) in [6, 6.07) is -2.34. The van der Waals surface area contributed by atoms with Gasteiger partial charge in [-0.15, -0.1) is 0 Å². The Morgan fingerprint density at radius 2 is 1.57 bits per heavy atom. The zero-order valence-corrected chi connectivity index (χ0v) is 18.2. The number of carbonyl (C=O) groups excluding carboxylic acids is 4. The van der Waals surface area contributed by atoms with Gasteiger partial charge >= 0.3 is 0 Å². The third-order valence-electron chi connectivity index (χ3n) is 4.07. The van der Waals surface area contributed by atoms with Gasteiger partial charge in [0.25, 0.3) is 0 Å². The molecule has 0 fully saturated rings. The van der Waals surface area contributed by atoms with Crippen LogP contribution in [-0.2, 0) is 19.2 Å². The molecule has 0 aromatic heterocycles. The molecule has 0 bridgehead atoms. The van der Waals surface area contributed by atoms with Gasteiger partial charge in [-0.1, -0.05) is 27.7 Å². The van der Waals surface area contributed by atoms with Crippen LogP contribution in [0.3, 0.4) is 0 Å². The Morgan fingerprint density at radius 3 is 2.04 bits per heavy atom. The summed E-state index contributed by atoms with van der Waals surface area (Å²) in [5.41, 5.74) is 11.1. The van der Waals surface area contributed by atoms with Crippen LogP contribution in [0.15, 0.2) is 0 Å². The Bertz CT molecular complexity index is 542. The second-order valence-electron chi connectivity index (χ2n) is 7.48. The normalized spacial score (nSPS) is 14.3. The van der Waals surface area contributed by atoms with Crippen LogP contribution in [0.1, 0.15) is 40.5 Å². The molecule has 162 valence electrons. The number of nitrogens with two attached hydrogens (primary N) is 2. The molecule has 0 saturated heterocycles. The number of rotatable bonds is 13. The summed E-state index contributed by atoms with van der Waals surface area (Å²) in [6.45, 7) is 7.15.